The van der Waals surface area contributed by atoms with Gasteiger partial charge in [0.05, 0.1) is 13.2 Å². The second-order valence-electron chi connectivity index (χ2n) is 3.42. The minimum absolute atomic E-state index is 0.160. The zero-order valence-electron chi connectivity index (χ0n) is 9.28. The Labute approximate surface area is 97.5 Å². The van der Waals surface area contributed by atoms with Gasteiger partial charge >= 0.3 is 0 Å². The predicted octanol–water partition coefficient (Wildman–Crippen LogP) is -0.609. The van der Waals surface area contributed by atoms with Crippen molar-refractivity contribution in [1.82, 2.24) is 10.0 Å². The van der Waals surface area contributed by atoms with Crippen LogP contribution in [0.4, 0.5) is 0 Å². The lowest BCUT2D eigenvalue weighted by atomic mass is 10.5. The van der Waals surface area contributed by atoms with E-state index in [1.54, 1.807) is 11.7 Å². The zero-order valence-corrected chi connectivity index (χ0v) is 9.28. The third-order valence-corrected chi connectivity index (χ3v) is 2.34. The van der Waals surface area contributed by atoms with E-state index >= 15 is 0 Å². The molecule has 0 bridgehead atoms. The lowest BCUT2D eigenvalue weighted by Crippen LogP contribution is -2.27. The molecule has 0 spiro atoms. The minimum Gasteiger partial charge on any atom is -0.367 e. The number of guanidine groups is 1. The summed E-state index contributed by atoms with van der Waals surface area (Å²) in [6.07, 6.45) is 5.41. The van der Waals surface area contributed by atoms with Crippen LogP contribution in [0.25, 0.3) is 5.65 Å². The van der Waals surface area contributed by atoms with E-state index in [0.717, 1.165) is 11.3 Å². The number of hydrogen-bond acceptors (Lipinski definition) is 3. The van der Waals surface area contributed by atoms with Crippen LogP contribution in [0, 0.1) is 0 Å². The van der Waals surface area contributed by atoms with Crippen molar-refractivity contribution >= 4 is 17.8 Å². The van der Waals surface area contributed by atoms with Crippen LogP contribution in [0.5, 0.6) is 0 Å². The fraction of sp³-hybridized carbons (Fsp3) is 0.100. The molecule has 2 rings (SSSR count). The first-order valence-electron chi connectivity index (χ1n) is 4.94. The molecule has 0 atom stereocenters. The van der Waals surface area contributed by atoms with Crippen molar-refractivity contribution in [3.63, 3.8) is 0 Å². The topological polar surface area (TPSA) is 92.0 Å². The number of nitrogens with two attached hydrogens (primary N) is 1. The highest BCUT2D eigenvalue weighted by Crippen LogP contribution is 2.00. The van der Waals surface area contributed by atoms with Crippen molar-refractivity contribution in [3.8, 4) is 0 Å². The van der Waals surface area contributed by atoms with Crippen molar-refractivity contribution < 1.29 is 9.61 Å². The van der Waals surface area contributed by atoms with Crippen LogP contribution in [0.15, 0.2) is 40.8 Å². The molecule has 2 heterocycles. The third kappa shape index (κ3) is 2.23. The monoisotopic (exact) mass is 233 g/mol. The highest BCUT2D eigenvalue weighted by atomic mass is 16.5. The van der Waals surface area contributed by atoms with Gasteiger partial charge in [-0.2, -0.15) is 5.10 Å². The molecule has 7 nitrogen and oxygen atoms in total. The van der Waals surface area contributed by atoms with E-state index in [1.807, 2.05) is 46.6 Å². The lowest BCUT2D eigenvalue weighted by molar-refractivity contribution is -0.510. The summed E-state index contributed by atoms with van der Waals surface area (Å²) in [5.41, 5.74) is 8.81. The smallest absolute Gasteiger partial charge is 0.286 e. The molecule has 88 valence electrons. The van der Waals surface area contributed by atoms with Gasteiger partial charge in [0.15, 0.2) is 5.69 Å². The van der Waals surface area contributed by atoms with E-state index in [-0.39, 0.29) is 5.96 Å². The first kappa shape index (κ1) is 11.1. The van der Waals surface area contributed by atoms with Crippen molar-refractivity contribution in [2.45, 2.75) is 0 Å². The van der Waals surface area contributed by atoms with Crippen molar-refractivity contribution in [2.24, 2.45) is 23.0 Å². The normalized spacial score (nSPS) is 12.5. The van der Waals surface area contributed by atoms with Gasteiger partial charge in [-0.25, -0.2) is 14.4 Å². The van der Waals surface area contributed by atoms with Crippen LogP contribution >= 0.6 is 0 Å². The fourth-order valence-electron chi connectivity index (χ4n) is 1.49. The molecule has 0 saturated carbocycles. The third-order valence-electron chi connectivity index (χ3n) is 2.34. The van der Waals surface area contributed by atoms with Gasteiger partial charge in [0.25, 0.3) is 5.65 Å². The van der Waals surface area contributed by atoms with E-state index in [1.165, 1.54) is 0 Å². The van der Waals surface area contributed by atoms with Crippen molar-refractivity contribution in [2.75, 3.05) is 0 Å². The number of hydroxylamine groups is 1. The van der Waals surface area contributed by atoms with Gasteiger partial charge in [-0.3, -0.25) is 5.21 Å². The van der Waals surface area contributed by atoms with Crippen LogP contribution in [-0.4, -0.2) is 21.9 Å². The molecule has 0 aliphatic carbocycles. The Hall–Kier alpha value is -2.41. The second-order valence-corrected chi connectivity index (χ2v) is 3.42. The number of hydrogen-bond donors (Lipinski definition) is 3. The summed E-state index contributed by atoms with van der Waals surface area (Å²) in [6.45, 7) is 0. The first-order valence-corrected chi connectivity index (χ1v) is 4.94. The number of nitrogens with zero attached hydrogens (tertiary/aromatic N) is 4. The number of fused-ring (bicyclic) bond motifs is 1. The molecule has 0 radical (unpaired) electrons. The van der Waals surface area contributed by atoms with E-state index < -0.39 is 0 Å². The number of pyridine rings is 1. The molecule has 0 amide bonds. The number of aryl methyl sites for hydroxylation is 1. The van der Waals surface area contributed by atoms with Crippen molar-refractivity contribution in [3.05, 3.63) is 36.3 Å². The highest BCUT2D eigenvalue weighted by molar-refractivity contribution is 5.80. The van der Waals surface area contributed by atoms with E-state index in [2.05, 4.69) is 10.2 Å². The van der Waals surface area contributed by atoms with Crippen LogP contribution in [0.2, 0.25) is 0 Å². The number of imidazole rings is 1. The van der Waals surface area contributed by atoms with Crippen LogP contribution in [0.1, 0.15) is 5.69 Å². The zero-order chi connectivity index (χ0) is 12.3. The summed E-state index contributed by atoms with van der Waals surface area (Å²) in [7, 11) is 1.92. The SMILES string of the molecule is Cn1c(/C=N\N=C(N)NO)c[n+]2ccccc12. The summed E-state index contributed by atoms with van der Waals surface area (Å²) in [4.78, 5) is 0. The van der Waals surface area contributed by atoms with Crippen LogP contribution in [0.3, 0.4) is 0 Å². The maximum absolute atomic E-state index is 8.41. The molecular weight excluding hydrogens is 220 g/mol. The first-order chi connectivity index (χ1) is 8.22. The number of rotatable bonds is 2. The largest absolute Gasteiger partial charge is 0.367 e. The summed E-state index contributed by atoms with van der Waals surface area (Å²) in [5.74, 6) is -0.160. The maximum atomic E-state index is 8.41. The molecule has 0 saturated heterocycles. The molecule has 0 aromatic carbocycles. The molecule has 0 aliphatic heterocycles. The molecule has 0 fully saturated rings. The second kappa shape index (κ2) is 4.62. The van der Waals surface area contributed by atoms with Crippen LogP contribution in [-0.2, 0) is 7.05 Å². The molecule has 4 N–H and O–H groups in total. The maximum Gasteiger partial charge on any atom is 0.286 e. The summed E-state index contributed by atoms with van der Waals surface area (Å²) < 4.78 is 3.93. The molecule has 2 aromatic heterocycles. The van der Waals surface area contributed by atoms with E-state index in [9.17, 15) is 0 Å². The lowest BCUT2D eigenvalue weighted by Gasteiger charge is -1.90. The van der Waals surface area contributed by atoms with Gasteiger partial charge < -0.3 is 5.73 Å². The Morgan fingerprint density at radius 3 is 3.12 bits per heavy atom. The average molecular weight is 233 g/mol. The summed E-state index contributed by atoms with van der Waals surface area (Å²) in [6, 6.07) is 5.89. The Balaban J connectivity index is 2.34. The number of nitrogens with one attached hydrogen (secondary N) is 1. The predicted molar refractivity (Wildman–Crippen MR) is 62.7 cm³/mol. The minimum atomic E-state index is -0.160. The molecular formula is C10H13N6O+. The van der Waals surface area contributed by atoms with Gasteiger partial charge in [0, 0.05) is 6.07 Å². The summed E-state index contributed by atoms with van der Waals surface area (Å²) >= 11 is 0. The van der Waals surface area contributed by atoms with Gasteiger partial charge in [-0.15, -0.1) is 5.10 Å². The molecule has 2 aromatic rings. The standard InChI is InChI=1S/C10H13N6O/c1-15-8(6-12-13-10(11)14-17)7-16-5-3-2-4-9(15)16/h2-7,17H,1H3,(H3,11,13,14)/q+1/b12-6-. The van der Waals surface area contributed by atoms with Gasteiger partial charge in [0.2, 0.25) is 5.96 Å². The molecule has 0 unspecified atom stereocenters. The highest BCUT2D eigenvalue weighted by Gasteiger charge is 2.10. The molecule has 0 aliphatic rings. The molecule has 7 heteroatoms. The average Bonchev–Trinajstić information content (AvgIpc) is 2.67. The Kier molecular flexibility index (Phi) is 3.01. The fourth-order valence-corrected chi connectivity index (χ4v) is 1.49. The summed E-state index contributed by atoms with van der Waals surface area (Å²) in [5, 5.41) is 15.7. The van der Waals surface area contributed by atoms with Crippen molar-refractivity contribution in [1.29, 1.82) is 0 Å². The number of aromatic nitrogens is 2. The van der Waals surface area contributed by atoms with E-state index in [4.69, 9.17) is 10.9 Å². The van der Waals surface area contributed by atoms with Gasteiger partial charge in [0.1, 0.15) is 12.4 Å². The Morgan fingerprint density at radius 1 is 1.59 bits per heavy atom. The Bertz CT molecular complexity index is 585. The van der Waals surface area contributed by atoms with Crippen LogP contribution < -0.4 is 15.6 Å². The van der Waals surface area contributed by atoms with Gasteiger partial charge in [-0.1, -0.05) is 6.07 Å². The quantitative estimate of drug-likeness (QED) is 0.280. The van der Waals surface area contributed by atoms with E-state index in [0.29, 0.717) is 0 Å². The Morgan fingerprint density at radius 2 is 2.41 bits per heavy atom. The molecule has 17 heavy (non-hydrogen) atoms. The van der Waals surface area contributed by atoms with Gasteiger partial charge in [-0.05, 0) is 6.07 Å².